The fourth-order valence-electron chi connectivity index (χ4n) is 4.21. The van der Waals surface area contributed by atoms with Crippen molar-refractivity contribution in [1.82, 2.24) is 4.90 Å². The average Bonchev–Trinajstić information content (AvgIpc) is 3.15. The van der Waals surface area contributed by atoms with Crippen molar-refractivity contribution < 1.29 is 9.21 Å². The fourth-order valence-corrected chi connectivity index (χ4v) is 4.21. The molecule has 0 radical (unpaired) electrons. The van der Waals surface area contributed by atoms with E-state index in [9.17, 15) is 4.79 Å². The van der Waals surface area contributed by atoms with Gasteiger partial charge in [0.2, 0.25) is 5.91 Å². The van der Waals surface area contributed by atoms with E-state index in [0.717, 1.165) is 12.2 Å². The second-order valence-electron chi connectivity index (χ2n) is 6.20. The zero-order valence-corrected chi connectivity index (χ0v) is 12.0. The molecule has 4 aliphatic rings. The molecule has 3 aliphatic carbocycles. The molecule has 1 aromatic carbocycles. The lowest BCUT2D eigenvalue weighted by Crippen LogP contribution is -2.48. The lowest BCUT2D eigenvalue weighted by atomic mass is 9.64. The van der Waals surface area contributed by atoms with Crippen molar-refractivity contribution in [1.29, 1.82) is 0 Å². The molecule has 22 heavy (non-hydrogen) atoms. The van der Waals surface area contributed by atoms with Gasteiger partial charge in [0.1, 0.15) is 11.3 Å². The summed E-state index contributed by atoms with van der Waals surface area (Å²) in [7, 11) is 0. The van der Waals surface area contributed by atoms with Crippen molar-refractivity contribution in [2.24, 2.45) is 0 Å². The monoisotopic (exact) mass is 289 g/mol. The van der Waals surface area contributed by atoms with Crippen LogP contribution in [0.15, 0.2) is 70.9 Å². The van der Waals surface area contributed by atoms with Gasteiger partial charge in [-0.1, -0.05) is 36.4 Å². The minimum absolute atomic E-state index is 0.0772. The summed E-state index contributed by atoms with van der Waals surface area (Å²) in [5, 5.41) is 0. The fraction of sp³-hybridized carbons (Fsp3) is 0.211. The lowest BCUT2D eigenvalue weighted by Gasteiger charge is -2.48. The van der Waals surface area contributed by atoms with E-state index in [0.29, 0.717) is 12.5 Å². The molecule has 0 fully saturated rings. The molecule has 0 N–H and O–H groups in total. The maximum Gasteiger partial charge on any atom is 0.248 e. The Bertz CT molecular complexity index is 831. The molecular formula is C19H15NO2. The van der Waals surface area contributed by atoms with Gasteiger partial charge in [-0.05, 0) is 35.3 Å². The topological polar surface area (TPSA) is 33.5 Å². The molecule has 6 rings (SSSR count). The number of benzene rings is 1. The predicted octanol–water partition coefficient (Wildman–Crippen LogP) is 3.50. The Balaban J connectivity index is 1.70. The van der Waals surface area contributed by atoms with Crippen LogP contribution in [0.3, 0.4) is 0 Å². The molecule has 2 atom stereocenters. The molecule has 1 aromatic heterocycles. The van der Waals surface area contributed by atoms with Gasteiger partial charge in [0.25, 0.3) is 0 Å². The highest BCUT2D eigenvalue weighted by Gasteiger charge is 2.53. The van der Waals surface area contributed by atoms with E-state index in [1.54, 1.807) is 6.26 Å². The van der Waals surface area contributed by atoms with E-state index in [1.807, 2.05) is 23.1 Å². The first kappa shape index (κ1) is 12.0. The van der Waals surface area contributed by atoms with E-state index in [1.165, 1.54) is 16.7 Å². The molecule has 0 saturated carbocycles. The van der Waals surface area contributed by atoms with E-state index in [2.05, 4.69) is 36.4 Å². The first-order valence-corrected chi connectivity index (χ1v) is 7.63. The number of furan rings is 1. The second-order valence-corrected chi connectivity index (χ2v) is 6.20. The molecule has 1 aliphatic heterocycles. The summed E-state index contributed by atoms with van der Waals surface area (Å²) in [6, 6.07) is 12.3. The second kappa shape index (κ2) is 4.01. The van der Waals surface area contributed by atoms with Crippen LogP contribution in [0.5, 0.6) is 0 Å². The lowest BCUT2D eigenvalue weighted by molar-refractivity contribution is -0.129. The number of carbonyl (C=O) groups is 1. The first-order chi connectivity index (χ1) is 10.8. The van der Waals surface area contributed by atoms with E-state index >= 15 is 0 Å². The molecule has 3 heteroatoms. The Morgan fingerprint density at radius 2 is 2.14 bits per heavy atom. The average molecular weight is 289 g/mol. The van der Waals surface area contributed by atoms with Crippen molar-refractivity contribution in [2.75, 3.05) is 0 Å². The zero-order valence-electron chi connectivity index (χ0n) is 12.0. The van der Waals surface area contributed by atoms with Crippen LogP contribution in [0.1, 0.15) is 29.2 Å². The Kier molecular flexibility index (Phi) is 2.19. The number of hydrogen-bond acceptors (Lipinski definition) is 2. The molecule has 1 amide bonds. The SMILES string of the molecule is O=C1C=C2CC3C=CC2(c2ccccc23)N1Cc1ccco1. The summed E-state index contributed by atoms with van der Waals surface area (Å²) in [5.41, 5.74) is 3.41. The maximum atomic E-state index is 12.6. The maximum absolute atomic E-state index is 12.6. The molecule has 1 spiro atoms. The number of carbonyl (C=O) groups excluding carboxylic acids is 1. The van der Waals surface area contributed by atoms with Crippen LogP contribution in [0.2, 0.25) is 0 Å². The molecule has 2 unspecified atom stereocenters. The quantitative estimate of drug-likeness (QED) is 0.793. The van der Waals surface area contributed by atoms with Crippen molar-refractivity contribution in [3.63, 3.8) is 0 Å². The van der Waals surface area contributed by atoms with Crippen LogP contribution in [0, 0.1) is 0 Å². The Hall–Kier alpha value is -2.55. The summed E-state index contributed by atoms with van der Waals surface area (Å²) >= 11 is 0. The normalized spacial score (nSPS) is 27.8. The van der Waals surface area contributed by atoms with Crippen LogP contribution >= 0.6 is 0 Å². The molecule has 2 heterocycles. The van der Waals surface area contributed by atoms with E-state index < -0.39 is 5.54 Å². The third kappa shape index (κ3) is 1.34. The van der Waals surface area contributed by atoms with Crippen LogP contribution < -0.4 is 0 Å². The summed E-state index contributed by atoms with van der Waals surface area (Å²) in [5.74, 6) is 1.30. The molecular weight excluding hydrogens is 274 g/mol. The van der Waals surface area contributed by atoms with Gasteiger partial charge in [0.05, 0.1) is 12.8 Å². The first-order valence-electron chi connectivity index (χ1n) is 7.63. The van der Waals surface area contributed by atoms with Gasteiger partial charge in [-0.25, -0.2) is 0 Å². The number of rotatable bonds is 2. The minimum atomic E-state index is -0.408. The zero-order chi connectivity index (χ0) is 14.7. The largest absolute Gasteiger partial charge is 0.467 e. The minimum Gasteiger partial charge on any atom is -0.467 e. The van der Waals surface area contributed by atoms with Gasteiger partial charge < -0.3 is 9.32 Å². The highest BCUT2D eigenvalue weighted by atomic mass is 16.3. The summed E-state index contributed by atoms with van der Waals surface area (Å²) < 4.78 is 5.47. The Morgan fingerprint density at radius 1 is 1.23 bits per heavy atom. The standard InChI is InChI=1S/C19H15NO2/c21-18-11-14-10-13-7-8-19(14,17-6-2-1-5-16(13)17)20(18)12-15-4-3-9-22-15/h1-9,11,13H,10,12H2. The van der Waals surface area contributed by atoms with Gasteiger partial charge in [-0.2, -0.15) is 0 Å². The molecule has 3 nitrogen and oxygen atoms in total. The number of nitrogens with zero attached hydrogens (tertiary/aromatic N) is 1. The third-order valence-electron chi connectivity index (χ3n) is 5.15. The van der Waals surface area contributed by atoms with Crippen molar-refractivity contribution in [3.05, 3.63) is 83.3 Å². The molecule has 2 bridgehead atoms. The smallest absolute Gasteiger partial charge is 0.248 e. The van der Waals surface area contributed by atoms with Gasteiger partial charge in [-0.3, -0.25) is 4.79 Å². The highest BCUT2D eigenvalue weighted by molar-refractivity contribution is 5.94. The number of amides is 1. The van der Waals surface area contributed by atoms with Crippen molar-refractivity contribution >= 4 is 5.91 Å². The van der Waals surface area contributed by atoms with Crippen molar-refractivity contribution in [3.8, 4) is 0 Å². The van der Waals surface area contributed by atoms with Crippen LogP contribution in [-0.2, 0) is 16.9 Å². The summed E-state index contributed by atoms with van der Waals surface area (Å²) in [6.07, 6.45) is 8.89. The van der Waals surface area contributed by atoms with Gasteiger partial charge in [0.15, 0.2) is 0 Å². The third-order valence-corrected chi connectivity index (χ3v) is 5.15. The van der Waals surface area contributed by atoms with Crippen LogP contribution in [-0.4, -0.2) is 10.8 Å². The summed E-state index contributed by atoms with van der Waals surface area (Å²) in [4.78, 5) is 14.6. The highest BCUT2D eigenvalue weighted by Crippen LogP contribution is 2.56. The Morgan fingerprint density at radius 3 is 3.00 bits per heavy atom. The van der Waals surface area contributed by atoms with E-state index in [-0.39, 0.29) is 5.91 Å². The number of allylic oxidation sites excluding steroid dienone is 1. The molecule has 108 valence electrons. The van der Waals surface area contributed by atoms with Gasteiger partial charge in [0, 0.05) is 12.0 Å². The summed E-state index contributed by atoms with van der Waals surface area (Å²) in [6.45, 7) is 0.495. The van der Waals surface area contributed by atoms with Crippen LogP contribution in [0.4, 0.5) is 0 Å². The van der Waals surface area contributed by atoms with Gasteiger partial charge >= 0.3 is 0 Å². The molecule has 2 aromatic rings. The Labute approximate surface area is 128 Å². The van der Waals surface area contributed by atoms with Gasteiger partial charge in [-0.15, -0.1) is 0 Å². The predicted molar refractivity (Wildman–Crippen MR) is 82.0 cm³/mol. The van der Waals surface area contributed by atoms with Crippen molar-refractivity contribution in [2.45, 2.75) is 24.4 Å². The number of hydrogen-bond donors (Lipinski definition) is 0. The van der Waals surface area contributed by atoms with E-state index in [4.69, 9.17) is 4.42 Å². The van der Waals surface area contributed by atoms with Crippen LogP contribution in [0.25, 0.3) is 0 Å². The molecule has 0 saturated heterocycles.